The first-order valence-corrected chi connectivity index (χ1v) is 7.55. The van der Waals surface area contributed by atoms with Crippen LogP contribution in [0.1, 0.15) is 24.8 Å². The summed E-state index contributed by atoms with van der Waals surface area (Å²) in [6.07, 6.45) is 2.84. The van der Waals surface area contributed by atoms with Crippen molar-refractivity contribution >= 4 is 15.9 Å². The van der Waals surface area contributed by atoms with Crippen LogP contribution in [0.5, 0.6) is 0 Å². The zero-order valence-electron chi connectivity index (χ0n) is 10.8. The molecule has 0 saturated carbocycles. The van der Waals surface area contributed by atoms with Crippen LogP contribution in [0, 0.1) is 6.92 Å². The normalized spacial score (nSPS) is 19.2. The summed E-state index contributed by atoms with van der Waals surface area (Å²) in [5.74, 6) is 0.668. The Morgan fingerprint density at radius 3 is 2.44 bits per heavy atom. The van der Waals surface area contributed by atoms with E-state index in [9.17, 15) is 8.42 Å². The molecule has 1 aromatic carbocycles. The van der Waals surface area contributed by atoms with Crippen molar-refractivity contribution in [1.82, 2.24) is 4.90 Å². The number of benzene rings is 1. The maximum Gasteiger partial charge on any atom is 0.283 e. The van der Waals surface area contributed by atoms with Crippen LogP contribution >= 0.6 is 0 Å². The van der Waals surface area contributed by atoms with Gasteiger partial charge in [0.1, 0.15) is 5.84 Å². The second-order valence-corrected chi connectivity index (χ2v) is 6.28. The van der Waals surface area contributed by atoms with E-state index >= 15 is 0 Å². The van der Waals surface area contributed by atoms with Crippen molar-refractivity contribution in [2.45, 2.75) is 31.1 Å². The third-order valence-corrected chi connectivity index (χ3v) is 4.45. The maximum atomic E-state index is 12.1. The van der Waals surface area contributed by atoms with Gasteiger partial charge in [0.2, 0.25) is 0 Å². The van der Waals surface area contributed by atoms with Crippen LogP contribution in [0.25, 0.3) is 0 Å². The summed E-state index contributed by atoms with van der Waals surface area (Å²) in [5, 5.41) is 0. The quantitative estimate of drug-likeness (QED) is 0.824. The van der Waals surface area contributed by atoms with Gasteiger partial charge in [-0.2, -0.15) is 8.42 Å². The zero-order chi connectivity index (χ0) is 13.2. The van der Waals surface area contributed by atoms with Gasteiger partial charge in [0.15, 0.2) is 0 Å². The van der Waals surface area contributed by atoms with Crippen molar-refractivity contribution in [3.63, 3.8) is 0 Å². The smallest absolute Gasteiger partial charge is 0.283 e. The van der Waals surface area contributed by atoms with Gasteiger partial charge in [-0.15, -0.1) is 4.40 Å². The van der Waals surface area contributed by atoms with Crippen molar-refractivity contribution in [2.75, 3.05) is 13.6 Å². The molecule has 2 rings (SSSR count). The molecule has 18 heavy (non-hydrogen) atoms. The first-order valence-electron chi connectivity index (χ1n) is 6.11. The van der Waals surface area contributed by atoms with Gasteiger partial charge in [0.25, 0.3) is 10.0 Å². The summed E-state index contributed by atoms with van der Waals surface area (Å²) in [6, 6.07) is 6.80. The van der Waals surface area contributed by atoms with E-state index in [1.54, 1.807) is 24.3 Å². The molecule has 1 aliphatic heterocycles. The van der Waals surface area contributed by atoms with Gasteiger partial charge in [-0.3, -0.25) is 0 Å². The molecule has 98 valence electrons. The Kier molecular flexibility index (Phi) is 3.71. The van der Waals surface area contributed by atoms with Crippen LogP contribution in [0.3, 0.4) is 0 Å². The minimum absolute atomic E-state index is 0.263. The summed E-state index contributed by atoms with van der Waals surface area (Å²) in [7, 11) is -1.67. The Bertz CT molecular complexity index is 547. The molecule has 0 aromatic heterocycles. The number of rotatable bonds is 2. The molecule has 0 spiro atoms. The highest BCUT2D eigenvalue weighted by atomic mass is 32.2. The zero-order valence-corrected chi connectivity index (χ0v) is 11.6. The first kappa shape index (κ1) is 13.1. The highest BCUT2D eigenvalue weighted by molar-refractivity contribution is 7.90. The molecule has 0 N–H and O–H groups in total. The van der Waals surface area contributed by atoms with E-state index in [-0.39, 0.29) is 4.90 Å². The van der Waals surface area contributed by atoms with Gasteiger partial charge in [0.05, 0.1) is 4.90 Å². The molecule has 0 atom stereocenters. The van der Waals surface area contributed by atoms with Gasteiger partial charge in [-0.1, -0.05) is 17.7 Å². The lowest BCUT2D eigenvalue weighted by Gasteiger charge is -2.25. The first-order chi connectivity index (χ1) is 8.49. The Hall–Kier alpha value is -1.36. The van der Waals surface area contributed by atoms with Crippen molar-refractivity contribution < 1.29 is 8.42 Å². The fourth-order valence-electron chi connectivity index (χ4n) is 1.97. The molecular weight excluding hydrogens is 248 g/mol. The molecule has 0 amide bonds. The van der Waals surface area contributed by atoms with Crippen LogP contribution in [0.15, 0.2) is 33.6 Å². The number of sulfonamides is 1. The summed E-state index contributed by atoms with van der Waals surface area (Å²) >= 11 is 0. The Balaban J connectivity index is 2.31. The third-order valence-electron chi connectivity index (χ3n) is 3.13. The molecule has 0 bridgehead atoms. The van der Waals surface area contributed by atoms with Crippen LogP contribution < -0.4 is 0 Å². The van der Waals surface area contributed by atoms with Gasteiger partial charge in [-0.05, 0) is 31.9 Å². The number of hydrogen-bond donors (Lipinski definition) is 0. The van der Waals surface area contributed by atoms with Crippen molar-refractivity contribution in [2.24, 2.45) is 4.40 Å². The van der Waals surface area contributed by atoms with Crippen LogP contribution in [0.4, 0.5) is 0 Å². The minimum Gasteiger partial charge on any atom is -0.362 e. The highest BCUT2D eigenvalue weighted by Crippen LogP contribution is 2.17. The maximum absolute atomic E-state index is 12.1. The summed E-state index contributed by atoms with van der Waals surface area (Å²) in [4.78, 5) is 2.19. The average molecular weight is 266 g/mol. The lowest BCUT2D eigenvalue weighted by molar-refractivity contribution is 0.434. The molecule has 0 aliphatic carbocycles. The second kappa shape index (κ2) is 5.10. The lowest BCUT2D eigenvalue weighted by atomic mass is 10.1. The summed E-state index contributed by atoms with van der Waals surface area (Å²) < 4.78 is 28.2. The number of piperidine rings is 1. The van der Waals surface area contributed by atoms with E-state index in [0.29, 0.717) is 5.84 Å². The number of amidine groups is 1. The molecule has 1 aromatic rings. The lowest BCUT2D eigenvalue weighted by Crippen LogP contribution is -2.32. The third kappa shape index (κ3) is 2.90. The largest absolute Gasteiger partial charge is 0.362 e. The number of likely N-dealkylation sites (tertiary alicyclic amines) is 1. The van der Waals surface area contributed by atoms with Crippen molar-refractivity contribution in [3.05, 3.63) is 29.8 Å². The van der Waals surface area contributed by atoms with Crippen LogP contribution in [0.2, 0.25) is 0 Å². The SMILES string of the molecule is Cc1ccc(S(=O)(=O)/N=C2/CCCCN2C)cc1. The van der Waals surface area contributed by atoms with E-state index in [2.05, 4.69) is 4.40 Å². The average Bonchev–Trinajstić information content (AvgIpc) is 2.32. The molecular formula is C13H18N2O2S. The predicted molar refractivity (Wildman–Crippen MR) is 72.3 cm³/mol. The Labute approximate surface area is 108 Å². The summed E-state index contributed by atoms with van der Waals surface area (Å²) in [6.45, 7) is 2.81. The predicted octanol–water partition coefficient (Wildman–Crippen LogP) is 2.20. The molecule has 1 fully saturated rings. The highest BCUT2D eigenvalue weighted by Gasteiger charge is 2.18. The van der Waals surface area contributed by atoms with Crippen molar-refractivity contribution in [3.8, 4) is 0 Å². The number of hydrogen-bond acceptors (Lipinski definition) is 2. The molecule has 1 heterocycles. The summed E-state index contributed by atoms with van der Waals surface area (Å²) in [5.41, 5.74) is 1.04. The molecule has 1 saturated heterocycles. The van der Waals surface area contributed by atoms with E-state index in [1.807, 2.05) is 18.9 Å². The number of aryl methyl sites for hydroxylation is 1. The topological polar surface area (TPSA) is 49.7 Å². The Morgan fingerprint density at radius 1 is 1.17 bits per heavy atom. The standard InChI is InChI=1S/C13H18N2O2S/c1-11-6-8-12(9-7-11)18(16,17)14-13-5-3-4-10-15(13)2/h6-9H,3-5,10H2,1-2H3/b14-13-. The minimum atomic E-state index is -3.56. The fourth-order valence-corrected chi connectivity index (χ4v) is 3.06. The van der Waals surface area contributed by atoms with E-state index in [1.165, 1.54) is 0 Å². The van der Waals surface area contributed by atoms with Gasteiger partial charge in [-0.25, -0.2) is 0 Å². The molecule has 5 heteroatoms. The molecule has 1 aliphatic rings. The van der Waals surface area contributed by atoms with E-state index < -0.39 is 10.0 Å². The van der Waals surface area contributed by atoms with Gasteiger partial charge < -0.3 is 4.90 Å². The number of nitrogens with zero attached hydrogens (tertiary/aromatic N) is 2. The molecule has 0 unspecified atom stereocenters. The molecule has 0 radical (unpaired) electrons. The Morgan fingerprint density at radius 2 is 1.83 bits per heavy atom. The van der Waals surface area contributed by atoms with Gasteiger partial charge >= 0.3 is 0 Å². The van der Waals surface area contributed by atoms with Crippen molar-refractivity contribution in [1.29, 1.82) is 0 Å². The van der Waals surface area contributed by atoms with Gasteiger partial charge in [0, 0.05) is 20.0 Å². The van der Waals surface area contributed by atoms with Crippen LogP contribution in [-0.4, -0.2) is 32.7 Å². The van der Waals surface area contributed by atoms with Crippen LogP contribution in [-0.2, 0) is 10.0 Å². The second-order valence-electron chi connectivity index (χ2n) is 4.67. The monoisotopic (exact) mass is 266 g/mol. The van der Waals surface area contributed by atoms with E-state index in [0.717, 1.165) is 31.4 Å². The molecule has 4 nitrogen and oxygen atoms in total. The fraction of sp³-hybridized carbons (Fsp3) is 0.462. The van der Waals surface area contributed by atoms with E-state index in [4.69, 9.17) is 0 Å².